The summed E-state index contributed by atoms with van der Waals surface area (Å²) in [5.74, 6) is 0. The topological polar surface area (TPSA) is 29.3 Å². The molecule has 0 saturated heterocycles. The maximum Gasteiger partial charge on any atom is 0.0317 e. The Labute approximate surface area is 108 Å². The third-order valence-corrected chi connectivity index (χ3v) is 3.57. The molecule has 1 aliphatic heterocycles. The normalized spacial score (nSPS) is 15.3. The van der Waals surface area contributed by atoms with Crippen molar-refractivity contribution in [3.63, 3.8) is 0 Å². The number of fused-ring (bicyclic) bond motifs is 1. The molecule has 1 aliphatic rings. The summed E-state index contributed by atoms with van der Waals surface area (Å²) < 4.78 is 0. The monoisotopic (exact) mass is 238 g/mol. The van der Waals surface area contributed by atoms with Gasteiger partial charge < -0.3 is 5.73 Å². The van der Waals surface area contributed by atoms with E-state index < -0.39 is 0 Å². The van der Waals surface area contributed by atoms with Gasteiger partial charge in [-0.2, -0.15) is 0 Å². The first kappa shape index (κ1) is 11.3. The van der Waals surface area contributed by atoms with Crippen molar-refractivity contribution in [3.8, 4) is 0 Å². The number of nitrogens with two attached hydrogens (primary N) is 1. The Kier molecular flexibility index (Phi) is 3.03. The van der Waals surface area contributed by atoms with E-state index in [0.29, 0.717) is 0 Å². The van der Waals surface area contributed by atoms with Gasteiger partial charge in [0.2, 0.25) is 0 Å². The number of nitrogen functional groups attached to an aromatic ring is 1. The van der Waals surface area contributed by atoms with Gasteiger partial charge in [-0.25, -0.2) is 0 Å². The number of benzene rings is 2. The van der Waals surface area contributed by atoms with Crippen LogP contribution >= 0.6 is 0 Å². The third-order valence-electron chi connectivity index (χ3n) is 3.57. The molecule has 3 rings (SSSR count). The fourth-order valence-electron chi connectivity index (χ4n) is 2.61. The van der Waals surface area contributed by atoms with Gasteiger partial charge in [-0.1, -0.05) is 36.4 Å². The van der Waals surface area contributed by atoms with Gasteiger partial charge in [0.25, 0.3) is 0 Å². The zero-order valence-corrected chi connectivity index (χ0v) is 10.5. The Morgan fingerprint density at radius 2 is 1.83 bits per heavy atom. The van der Waals surface area contributed by atoms with E-state index >= 15 is 0 Å². The summed E-state index contributed by atoms with van der Waals surface area (Å²) in [7, 11) is 0. The Morgan fingerprint density at radius 1 is 1.00 bits per heavy atom. The highest BCUT2D eigenvalue weighted by Crippen LogP contribution is 2.22. The van der Waals surface area contributed by atoms with Crippen LogP contribution in [0.2, 0.25) is 0 Å². The van der Waals surface area contributed by atoms with Gasteiger partial charge >= 0.3 is 0 Å². The molecule has 1 heterocycles. The molecular formula is C16H18N2. The van der Waals surface area contributed by atoms with Crippen molar-refractivity contribution in [1.29, 1.82) is 0 Å². The molecule has 0 aliphatic carbocycles. The predicted octanol–water partition coefficient (Wildman–Crippen LogP) is 2.83. The molecule has 2 N–H and O–H groups in total. The van der Waals surface area contributed by atoms with Crippen LogP contribution in [0.25, 0.3) is 0 Å². The lowest BCUT2D eigenvalue weighted by atomic mass is 9.99. The second-order valence-electron chi connectivity index (χ2n) is 4.97. The van der Waals surface area contributed by atoms with Gasteiger partial charge in [-0.3, -0.25) is 4.90 Å². The molecule has 0 atom stereocenters. The molecule has 0 aromatic heterocycles. The molecule has 0 spiro atoms. The molecule has 0 unspecified atom stereocenters. The fourth-order valence-corrected chi connectivity index (χ4v) is 2.61. The lowest BCUT2D eigenvalue weighted by molar-refractivity contribution is 0.245. The van der Waals surface area contributed by atoms with Crippen LogP contribution in [0.1, 0.15) is 16.7 Å². The van der Waals surface area contributed by atoms with Gasteiger partial charge in [0, 0.05) is 25.3 Å². The van der Waals surface area contributed by atoms with Crippen molar-refractivity contribution in [2.24, 2.45) is 0 Å². The SMILES string of the molecule is Nc1ccc2c(c1)CN(Cc1ccccc1)CC2. The maximum absolute atomic E-state index is 5.86. The van der Waals surface area contributed by atoms with Gasteiger partial charge in [-0.05, 0) is 35.2 Å². The highest BCUT2D eigenvalue weighted by Gasteiger charge is 2.16. The number of hydrogen-bond donors (Lipinski definition) is 1. The summed E-state index contributed by atoms with van der Waals surface area (Å²) in [4.78, 5) is 2.48. The zero-order valence-electron chi connectivity index (χ0n) is 10.5. The van der Waals surface area contributed by atoms with E-state index in [4.69, 9.17) is 5.73 Å². The minimum atomic E-state index is 0.871. The van der Waals surface area contributed by atoms with E-state index in [1.807, 2.05) is 6.07 Å². The highest BCUT2D eigenvalue weighted by atomic mass is 15.1. The average molecular weight is 238 g/mol. The number of rotatable bonds is 2. The van der Waals surface area contributed by atoms with E-state index in [-0.39, 0.29) is 0 Å². The summed E-state index contributed by atoms with van der Waals surface area (Å²) in [5, 5.41) is 0. The lowest BCUT2D eigenvalue weighted by Crippen LogP contribution is -2.30. The summed E-state index contributed by atoms with van der Waals surface area (Å²) in [6.45, 7) is 3.16. The van der Waals surface area contributed by atoms with Crippen molar-refractivity contribution < 1.29 is 0 Å². The Hall–Kier alpha value is -1.80. The van der Waals surface area contributed by atoms with Crippen molar-refractivity contribution in [1.82, 2.24) is 4.90 Å². The fraction of sp³-hybridized carbons (Fsp3) is 0.250. The van der Waals surface area contributed by atoms with E-state index in [2.05, 4.69) is 47.4 Å². The number of anilines is 1. The van der Waals surface area contributed by atoms with Crippen LogP contribution in [-0.2, 0) is 19.5 Å². The lowest BCUT2D eigenvalue weighted by Gasteiger charge is -2.29. The van der Waals surface area contributed by atoms with Crippen LogP contribution in [-0.4, -0.2) is 11.4 Å². The first-order valence-corrected chi connectivity index (χ1v) is 6.45. The molecule has 0 fully saturated rings. The van der Waals surface area contributed by atoms with Crippen molar-refractivity contribution in [3.05, 3.63) is 65.2 Å². The molecule has 0 radical (unpaired) electrons. The standard InChI is InChI=1S/C16H18N2/c17-16-7-6-14-8-9-18(12-15(14)10-16)11-13-4-2-1-3-5-13/h1-7,10H,8-9,11-12,17H2. The summed E-state index contributed by atoms with van der Waals surface area (Å²) in [6, 6.07) is 16.9. The van der Waals surface area contributed by atoms with Crippen LogP contribution in [0.5, 0.6) is 0 Å². The molecule has 2 nitrogen and oxygen atoms in total. The number of hydrogen-bond acceptors (Lipinski definition) is 2. The molecule has 2 heteroatoms. The second-order valence-corrected chi connectivity index (χ2v) is 4.97. The Bertz CT molecular complexity index is 534. The van der Waals surface area contributed by atoms with Crippen molar-refractivity contribution in [2.45, 2.75) is 19.5 Å². The first-order valence-electron chi connectivity index (χ1n) is 6.45. The van der Waals surface area contributed by atoms with Gasteiger partial charge in [0.05, 0.1) is 0 Å². The van der Waals surface area contributed by atoms with Crippen molar-refractivity contribution >= 4 is 5.69 Å². The zero-order chi connectivity index (χ0) is 12.4. The summed E-state index contributed by atoms with van der Waals surface area (Å²) in [6.07, 6.45) is 1.13. The van der Waals surface area contributed by atoms with Crippen molar-refractivity contribution in [2.75, 3.05) is 12.3 Å². The largest absolute Gasteiger partial charge is 0.399 e. The second kappa shape index (κ2) is 4.83. The molecule has 0 amide bonds. The Balaban J connectivity index is 1.75. The molecule has 18 heavy (non-hydrogen) atoms. The van der Waals surface area contributed by atoms with Crippen LogP contribution < -0.4 is 5.73 Å². The minimum absolute atomic E-state index is 0.871. The minimum Gasteiger partial charge on any atom is -0.399 e. The van der Waals surface area contributed by atoms with Gasteiger partial charge in [-0.15, -0.1) is 0 Å². The smallest absolute Gasteiger partial charge is 0.0317 e. The van der Waals surface area contributed by atoms with Crippen LogP contribution in [0.4, 0.5) is 5.69 Å². The van der Waals surface area contributed by atoms with Crippen LogP contribution in [0.15, 0.2) is 48.5 Å². The predicted molar refractivity (Wildman–Crippen MR) is 75.1 cm³/mol. The molecular weight excluding hydrogens is 220 g/mol. The molecule has 2 aromatic carbocycles. The van der Waals surface area contributed by atoms with Crippen LogP contribution in [0, 0.1) is 0 Å². The maximum atomic E-state index is 5.86. The van der Waals surface area contributed by atoms with Crippen LogP contribution in [0.3, 0.4) is 0 Å². The van der Waals surface area contributed by atoms with E-state index in [1.165, 1.54) is 16.7 Å². The van der Waals surface area contributed by atoms with E-state index in [9.17, 15) is 0 Å². The summed E-state index contributed by atoms with van der Waals surface area (Å²) >= 11 is 0. The highest BCUT2D eigenvalue weighted by molar-refractivity contribution is 5.45. The van der Waals surface area contributed by atoms with Gasteiger partial charge in [0.1, 0.15) is 0 Å². The number of nitrogens with zero attached hydrogens (tertiary/aromatic N) is 1. The molecule has 0 bridgehead atoms. The first-order chi connectivity index (χ1) is 8.81. The van der Waals surface area contributed by atoms with E-state index in [1.54, 1.807) is 0 Å². The van der Waals surface area contributed by atoms with E-state index in [0.717, 1.165) is 31.7 Å². The average Bonchev–Trinajstić information content (AvgIpc) is 2.39. The van der Waals surface area contributed by atoms with Gasteiger partial charge in [0.15, 0.2) is 0 Å². The summed E-state index contributed by atoms with van der Waals surface area (Å²) in [5.41, 5.74) is 11.0. The Morgan fingerprint density at radius 3 is 2.67 bits per heavy atom. The molecule has 92 valence electrons. The third kappa shape index (κ3) is 2.39. The molecule has 0 saturated carbocycles. The molecule has 2 aromatic rings. The quantitative estimate of drug-likeness (QED) is 0.815.